The molecule has 4 heteroatoms. The predicted octanol–water partition coefficient (Wildman–Crippen LogP) is 1.19. The maximum Gasteiger partial charge on any atom is 0.253 e. The van der Waals surface area contributed by atoms with Crippen molar-refractivity contribution in [3.8, 4) is 0 Å². The van der Waals surface area contributed by atoms with E-state index in [-0.39, 0.29) is 5.91 Å². The normalized spacial score (nSPS) is 24.0. The minimum absolute atomic E-state index is 0.140. The monoisotopic (exact) mass is 245 g/mol. The number of hydrogen-bond acceptors (Lipinski definition) is 3. The summed E-state index contributed by atoms with van der Waals surface area (Å²) in [6, 6.07) is 7.80. The third-order valence-corrected chi connectivity index (χ3v) is 4.03. The topological polar surface area (TPSA) is 49.6 Å². The van der Waals surface area contributed by atoms with E-state index in [0.717, 1.165) is 25.2 Å². The van der Waals surface area contributed by atoms with Crippen molar-refractivity contribution in [2.45, 2.75) is 18.9 Å². The number of nitrogen functional groups attached to an aromatic ring is 1. The third kappa shape index (κ3) is 2.08. The molecule has 2 aliphatic rings. The summed E-state index contributed by atoms with van der Waals surface area (Å²) in [4.78, 5) is 16.9. The van der Waals surface area contributed by atoms with E-state index in [0.29, 0.717) is 11.7 Å². The van der Waals surface area contributed by atoms with E-state index in [9.17, 15) is 4.79 Å². The summed E-state index contributed by atoms with van der Waals surface area (Å²) in [5.41, 5.74) is 7.09. The fourth-order valence-electron chi connectivity index (χ4n) is 2.98. The number of carbonyl (C=O) groups excluding carboxylic acids is 1. The first-order valence-corrected chi connectivity index (χ1v) is 6.63. The molecule has 2 fully saturated rings. The molecular formula is C14H19N3O. The Morgan fingerprint density at radius 2 is 1.94 bits per heavy atom. The SMILES string of the molecule is Nc1ccc(C(=O)N2CCN3CCCC3C2)cc1. The van der Waals surface area contributed by atoms with Crippen LogP contribution in [0.25, 0.3) is 0 Å². The molecule has 1 atom stereocenters. The molecule has 1 unspecified atom stereocenters. The van der Waals surface area contributed by atoms with Crippen molar-refractivity contribution in [3.63, 3.8) is 0 Å². The zero-order valence-corrected chi connectivity index (χ0v) is 10.5. The molecule has 3 rings (SSSR count). The van der Waals surface area contributed by atoms with Crippen LogP contribution >= 0.6 is 0 Å². The van der Waals surface area contributed by atoms with Gasteiger partial charge in [-0.15, -0.1) is 0 Å². The summed E-state index contributed by atoms with van der Waals surface area (Å²) in [6.07, 6.45) is 2.50. The van der Waals surface area contributed by atoms with Crippen molar-refractivity contribution < 1.29 is 4.79 Å². The number of hydrogen-bond donors (Lipinski definition) is 1. The van der Waals surface area contributed by atoms with E-state index < -0.39 is 0 Å². The van der Waals surface area contributed by atoms with E-state index in [1.54, 1.807) is 12.1 Å². The fraction of sp³-hybridized carbons (Fsp3) is 0.500. The van der Waals surface area contributed by atoms with Crippen LogP contribution in [0.1, 0.15) is 23.2 Å². The summed E-state index contributed by atoms with van der Waals surface area (Å²) in [7, 11) is 0. The second kappa shape index (κ2) is 4.61. The summed E-state index contributed by atoms with van der Waals surface area (Å²) in [6.45, 7) is 3.95. The molecule has 0 spiro atoms. The molecule has 2 N–H and O–H groups in total. The minimum Gasteiger partial charge on any atom is -0.399 e. The summed E-state index contributed by atoms with van der Waals surface area (Å²) in [5.74, 6) is 0.140. The van der Waals surface area contributed by atoms with Gasteiger partial charge < -0.3 is 10.6 Å². The average Bonchev–Trinajstić information content (AvgIpc) is 2.86. The van der Waals surface area contributed by atoms with Gasteiger partial charge in [-0.3, -0.25) is 9.69 Å². The highest BCUT2D eigenvalue weighted by Gasteiger charge is 2.32. The Balaban J connectivity index is 1.71. The van der Waals surface area contributed by atoms with Gasteiger partial charge in [0.25, 0.3) is 5.91 Å². The lowest BCUT2D eigenvalue weighted by molar-refractivity contribution is 0.0571. The van der Waals surface area contributed by atoms with Gasteiger partial charge in [-0.25, -0.2) is 0 Å². The number of nitrogens with two attached hydrogens (primary N) is 1. The van der Waals surface area contributed by atoms with Crippen LogP contribution in [0, 0.1) is 0 Å². The number of anilines is 1. The molecule has 0 aliphatic carbocycles. The first-order valence-electron chi connectivity index (χ1n) is 6.63. The van der Waals surface area contributed by atoms with Crippen LogP contribution in [0.4, 0.5) is 5.69 Å². The van der Waals surface area contributed by atoms with Gasteiger partial charge in [0.15, 0.2) is 0 Å². The highest BCUT2D eigenvalue weighted by atomic mass is 16.2. The molecule has 1 aromatic carbocycles. The molecule has 18 heavy (non-hydrogen) atoms. The predicted molar refractivity (Wildman–Crippen MR) is 71.4 cm³/mol. The van der Waals surface area contributed by atoms with Crippen molar-refractivity contribution in [1.82, 2.24) is 9.80 Å². The van der Waals surface area contributed by atoms with E-state index >= 15 is 0 Å². The van der Waals surface area contributed by atoms with Gasteiger partial charge in [0.1, 0.15) is 0 Å². The van der Waals surface area contributed by atoms with Crippen LogP contribution in [0.15, 0.2) is 24.3 Å². The lowest BCUT2D eigenvalue weighted by atomic mass is 10.1. The lowest BCUT2D eigenvalue weighted by Gasteiger charge is -2.37. The van der Waals surface area contributed by atoms with Crippen LogP contribution in [0.5, 0.6) is 0 Å². The van der Waals surface area contributed by atoms with Crippen molar-refractivity contribution in [1.29, 1.82) is 0 Å². The minimum atomic E-state index is 0.140. The van der Waals surface area contributed by atoms with E-state index in [1.807, 2.05) is 17.0 Å². The molecule has 0 aromatic heterocycles. The van der Waals surface area contributed by atoms with Gasteiger partial charge in [0, 0.05) is 36.9 Å². The van der Waals surface area contributed by atoms with Crippen LogP contribution in [-0.4, -0.2) is 47.9 Å². The van der Waals surface area contributed by atoms with Crippen LogP contribution < -0.4 is 5.73 Å². The summed E-state index contributed by atoms with van der Waals surface area (Å²) < 4.78 is 0. The molecule has 2 aliphatic heterocycles. The van der Waals surface area contributed by atoms with E-state index in [2.05, 4.69) is 4.90 Å². The van der Waals surface area contributed by atoms with Crippen LogP contribution in [0.3, 0.4) is 0 Å². The Kier molecular flexibility index (Phi) is 2.96. The number of fused-ring (bicyclic) bond motifs is 1. The number of carbonyl (C=O) groups is 1. The summed E-state index contributed by atoms with van der Waals surface area (Å²) in [5, 5.41) is 0. The van der Waals surface area contributed by atoms with Crippen molar-refractivity contribution in [3.05, 3.63) is 29.8 Å². The second-order valence-electron chi connectivity index (χ2n) is 5.21. The Morgan fingerprint density at radius 1 is 1.17 bits per heavy atom. The second-order valence-corrected chi connectivity index (χ2v) is 5.21. The number of piperazine rings is 1. The number of amides is 1. The van der Waals surface area contributed by atoms with Gasteiger partial charge >= 0.3 is 0 Å². The third-order valence-electron chi connectivity index (χ3n) is 4.03. The number of rotatable bonds is 1. The lowest BCUT2D eigenvalue weighted by Crippen LogP contribution is -2.52. The van der Waals surface area contributed by atoms with Crippen molar-refractivity contribution >= 4 is 11.6 Å². The highest BCUT2D eigenvalue weighted by molar-refractivity contribution is 5.94. The van der Waals surface area contributed by atoms with Gasteiger partial charge in [-0.1, -0.05) is 0 Å². The Labute approximate surface area is 107 Å². The highest BCUT2D eigenvalue weighted by Crippen LogP contribution is 2.22. The largest absolute Gasteiger partial charge is 0.399 e. The smallest absolute Gasteiger partial charge is 0.253 e. The molecule has 2 heterocycles. The maximum atomic E-state index is 12.4. The first kappa shape index (κ1) is 11.5. The average molecular weight is 245 g/mol. The van der Waals surface area contributed by atoms with Crippen LogP contribution in [-0.2, 0) is 0 Å². The zero-order chi connectivity index (χ0) is 12.5. The molecule has 1 amide bonds. The van der Waals surface area contributed by atoms with Gasteiger partial charge in [-0.2, -0.15) is 0 Å². The Hall–Kier alpha value is -1.55. The van der Waals surface area contributed by atoms with Crippen molar-refractivity contribution in [2.24, 2.45) is 0 Å². The van der Waals surface area contributed by atoms with Gasteiger partial charge in [0.05, 0.1) is 0 Å². The molecule has 4 nitrogen and oxygen atoms in total. The van der Waals surface area contributed by atoms with Gasteiger partial charge in [-0.05, 0) is 43.7 Å². The molecular weight excluding hydrogens is 226 g/mol. The van der Waals surface area contributed by atoms with Crippen molar-refractivity contribution in [2.75, 3.05) is 31.9 Å². The Morgan fingerprint density at radius 3 is 2.72 bits per heavy atom. The quantitative estimate of drug-likeness (QED) is 0.756. The summed E-state index contributed by atoms with van der Waals surface area (Å²) >= 11 is 0. The molecule has 0 saturated carbocycles. The molecule has 0 bridgehead atoms. The van der Waals surface area contributed by atoms with Crippen LogP contribution in [0.2, 0.25) is 0 Å². The van der Waals surface area contributed by atoms with E-state index in [1.165, 1.54) is 19.4 Å². The number of nitrogens with zero attached hydrogens (tertiary/aromatic N) is 2. The molecule has 96 valence electrons. The molecule has 0 radical (unpaired) electrons. The Bertz CT molecular complexity index is 443. The maximum absolute atomic E-state index is 12.4. The zero-order valence-electron chi connectivity index (χ0n) is 10.5. The first-order chi connectivity index (χ1) is 8.74. The van der Waals surface area contributed by atoms with Gasteiger partial charge in [0.2, 0.25) is 0 Å². The fourth-order valence-corrected chi connectivity index (χ4v) is 2.98. The van der Waals surface area contributed by atoms with E-state index in [4.69, 9.17) is 5.73 Å². The standard InChI is InChI=1S/C14H19N3O/c15-12-5-3-11(4-6-12)14(18)17-9-8-16-7-1-2-13(16)10-17/h3-6,13H,1-2,7-10,15H2. The molecule has 2 saturated heterocycles. The number of benzene rings is 1. The molecule has 1 aromatic rings.